The van der Waals surface area contributed by atoms with E-state index in [0.717, 1.165) is 12.8 Å². The Morgan fingerprint density at radius 2 is 2.10 bits per heavy atom. The molecule has 0 bridgehead atoms. The summed E-state index contributed by atoms with van der Waals surface area (Å²) in [7, 11) is 1.39. The molecule has 3 N–H and O–H groups in total. The number of benzene rings is 1. The van der Waals surface area contributed by atoms with Crippen LogP contribution in [0.2, 0.25) is 0 Å². The summed E-state index contributed by atoms with van der Waals surface area (Å²) in [6.07, 6.45) is 3.16. The molecular formula is C13H17N3O4. The van der Waals surface area contributed by atoms with Crippen molar-refractivity contribution < 1.29 is 14.5 Å². The fourth-order valence-electron chi connectivity index (χ4n) is 2.38. The standard InChI is InChI=1S/C13H17N3O4/c1-20-11-8-9(16(18)19)4-5-10(11)15-12(17)13(14)6-2-3-7-13/h4-5,8H,2-3,6-7,14H2,1H3,(H,15,17). The van der Waals surface area contributed by atoms with Crippen LogP contribution in [0.15, 0.2) is 18.2 Å². The largest absolute Gasteiger partial charge is 0.494 e. The highest BCUT2D eigenvalue weighted by Gasteiger charge is 2.37. The fraction of sp³-hybridized carbons (Fsp3) is 0.462. The summed E-state index contributed by atoms with van der Waals surface area (Å²) in [5.74, 6) is -0.0312. The van der Waals surface area contributed by atoms with Gasteiger partial charge in [-0.1, -0.05) is 12.8 Å². The predicted molar refractivity (Wildman–Crippen MR) is 73.7 cm³/mol. The van der Waals surface area contributed by atoms with Gasteiger partial charge in [-0.3, -0.25) is 14.9 Å². The van der Waals surface area contributed by atoms with E-state index in [2.05, 4.69) is 5.32 Å². The SMILES string of the molecule is COc1cc([N+](=O)[O-])ccc1NC(=O)C1(N)CCCC1. The molecule has 1 aromatic carbocycles. The molecule has 0 radical (unpaired) electrons. The van der Waals surface area contributed by atoms with E-state index >= 15 is 0 Å². The van der Waals surface area contributed by atoms with Gasteiger partial charge in [-0.25, -0.2) is 0 Å². The lowest BCUT2D eigenvalue weighted by Gasteiger charge is -2.22. The molecule has 0 heterocycles. The van der Waals surface area contributed by atoms with Gasteiger partial charge in [0, 0.05) is 6.07 Å². The van der Waals surface area contributed by atoms with Crippen LogP contribution >= 0.6 is 0 Å². The second-order valence-corrected chi connectivity index (χ2v) is 4.96. The van der Waals surface area contributed by atoms with Crippen LogP contribution in [0.1, 0.15) is 25.7 Å². The third-order valence-corrected chi connectivity index (χ3v) is 3.59. The lowest BCUT2D eigenvalue weighted by molar-refractivity contribution is -0.384. The number of non-ortho nitro benzene ring substituents is 1. The van der Waals surface area contributed by atoms with Crippen LogP contribution in [-0.2, 0) is 4.79 Å². The summed E-state index contributed by atoms with van der Waals surface area (Å²) < 4.78 is 5.07. The number of rotatable bonds is 4. The first-order chi connectivity index (χ1) is 9.46. The average molecular weight is 279 g/mol. The molecule has 0 unspecified atom stereocenters. The number of amides is 1. The van der Waals surface area contributed by atoms with Crippen molar-refractivity contribution in [1.82, 2.24) is 0 Å². The zero-order chi connectivity index (χ0) is 14.8. The monoisotopic (exact) mass is 279 g/mol. The lowest BCUT2D eigenvalue weighted by atomic mass is 9.98. The first-order valence-electron chi connectivity index (χ1n) is 6.39. The molecule has 1 aliphatic carbocycles. The molecule has 0 aliphatic heterocycles. The van der Waals surface area contributed by atoms with Gasteiger partial charge in [0.1, 0.15) is 5.75 Å². The number of hydrogen-bond donors (Lipinski definition) is 2. The topological polar surface area (TPSA) is 107 Å². The zero-order valence-corrected chi connectivity index (χ0v) is 11.2. The van der Waals surface area contributed by atoms with Crippen molar-refractivity contribution in [2.75, 3.05) is 12.4 Å². The van der Waals surface area contributed by atoms with Gasteiger partial charge < -0.3 is 15.8 Å². The van der Waals surface area contributed by atoms with Crippen LogP contribution in [0.4, 0.5) is 11.4 Å². The van der Waals surface area contributed by atoms with Crippen molar-refractivity contribution in [3.63, 3.8) is 0 Å². The Morgan fingerprint density at radius 3 is 2.65 bits per heavy atom. The first-order valence-corrected chi connectivity index (χ1v) is 6.39. The molecule has 0 spiro atoms. The van der Waals surface area contributed by atoms with Crippen molar-refractivity contribution in [2.45, 2.75) is 31.2 Å². The Morgan fingerprint density at radius 1 is 1.45 bits per heavy atom. The Labute approximate surface area is 116 Å². The summed E-state index contributed by atoms with van der Waals surface area (Å²) in [5.41, 5.74) is 5.50. The minimum absolute atomic E-state index is 0.0943. The summed E-state index contributed by atoms with van der Waals surface area (Å²) in [5, 5.41) is 13.4. The van der Waals surface area contributed by atoms with E-state index in [1.165, 1.54) is 25.3 Å². The van der Waals surface area contributed by atoms with E-state index in [9.17, 15) is 14.9 Å². The molecule has 1 aromatic rings. The first kappa shape index (κ1) is 14.3. The average Bonchev–Trinajstić information content (AvgIpc) is 2.87. The fourth-order valence-corrected chi connectivity index (χ4v) is 2.38. The molecule has 20 heavy (non-hydrogen) atoms. The summed E-state index contributed by atoms with van der Waals surface area (Å²) >= 11 is 0. The molecule has 1 aliphatic rings. The molecule has 1 amide bonds. The molecule has 1 saturated carbocycles. The Balaban J connectivity index is 2.20. The summed E-state index contributed by atoms with van der Waals surface area (Å²) in [4.78, 5) is 22.4. The van der Waals surface area contributed by atoms with Crippen molar-refractivity contribution in [2.24, 2.45) is 5.73 Å². The number of nitrogens with zero attached hydrogens (tertiary/aromatic N) is 1. The maximum absolute atomic E-state index is 12.2. The minimum Gasteiger partial charge on any atom is -0.494 e. The number of ether oxygens (including phenoxy) is 1. The molecule has 108 valence electrons. The third-order valence-electron chi connectivity index (χ3n) is 3.59. The zero-order valence-electron chi connectivity index (χ0n) is 11.2. The Bertz CT molecular complexity index is 538. The molecule has 0 aromatic heterocycles. The number of nitro benzene ring substituents is 1. The second kappa shape index (κ2) is 5.46. The van der Waals surface area contributed by atoms with Crippen LogP contribution in [-0.4, -0.2) is 23.5 Å². The van der Waals surface area contributed by atoms with Crippen molar-refractivity contribution in [1.29, 1.82) is 0 Å². The van der Waals surface area contributed by atoms with E-state index in [-0.39, 0.29) is 17.3 Å². The van der Waals surface area contributed by atoms with Gasteiger partial charge >= 0.3 is 0 Å². The highest BCUT2D eigenvalue weighted by Crippen LogP contribution is 2.32. The molecular weight excluding hydrogens is 262 g/mol. The lowest BCUT2D eigenvalue weighted by Crippen LogP contribution is -2.48. The highest BCUT2D eigenvalue weighted by molar-refractivity contribution is 5.99. The maximum Gasteiger partial charge on any atom is 0.273 e. The normalized spacial score (nSPS) is 16.7. The van der Waals surface area contributed by atoms with Crippen molar-refractivity contribution >= 4 is 17.3 Å². The number of methoxy groups -OCH3 is 1. The van der Waals surface area contributed by atoms with Crippen LogP contribution in [0, 0.1) is 10.1 Å². The number of carbonyl (C=O) groups is 1. The summed E-state index contributed by atoms with van der Waals surface area (Å²) in [6.45, 7) is 0. The van der Waals surface area contributed by atoms with Gasteiger partial charge in [0.05, 0.1) is 29.3 Å². The van der Waals surface area contributed by atoms with Crippen molar-refractivity contribution in [3.05, 3.63) is 28.3 Å². The molecule has 0 atom stereocenters. The highest BCUT2D eigenvalue weighted by atomic mass is 16.6. The van der Waals surface area contributed by atoms with E-state index in [4.69, 9.17) is 10.5 Å². The second-order valence-electron chi connectivity index (χ2n) is 4.96. The predicted octanol–water partition coefficient (Wildman–Crippen LogP) is 1.81. The molecule has 7 heteroatoms. The maximum atomic E-state index is 12.2. The molecule has 2 rings (SSSR count). The number of nitro groups is 1. The third kappa shape index (κ3) is 2.72. The Hall–Kier alpha value is -2.15. The number of hydrogen-bond acceptors (Lipinski definition) is 5. The van der Waals surface area contributed by atoms with Gasteiger partial charge in [0.2, 0.25) is 5.91 Å². The minimum atomic E-state index is -0.854. The van der Waals surface area contributed by atoms with Crippen LogP contribution < -0.4 is 15.8 Å². The van der Waals surface area contributed by atoms with Gasteiger partial charge in [-0.15, -0.1) is 0 Å². The van der Waals surface area contributed by atoms with Crippen LogP contribution in [0.5, 0.6) is 5.75 Å². The van der Waals surface area contributed by atoms with Gasteiger partial charge in [0.15, 0.2) is 0 Å². The molecule has 7 nitrogen and oxygen atoms in total. The van der Waals surface area contributed by atoms with Gasteiger partial charge in [-0.2, -0.15) is 0 Å². The van der Waals surface area contributed by atoms with E-state index in [0.29, 0.717) is 18.5 Å². The van der Waals surface area contributed by atoms with E-state index in [1.54, 1.807) is 0 Å². The number of nitrogens with two attached hydrogens (primary N) is 1. The summed E-state index contributed by atoms with van der Waals surface area (Å²) in [6, 6.07) is 4.04. The van der Waals surface area contributed by atoms with Crippen LogP contribution in [0.3, 0.4) is 0 Å². The Kier molecular flexibility index (Phi) is 3.89. The van der Waals surface area contributed by atoms with Gasteiger partial charge in [0.25, 0.3) is 5.69 Å². The molecule has 1 fully saturated rings. The number of anilines is 1. The smallest absolute Gasteiger partial charge is 0.273 e. The van der Waals surface area contributed by atoms with E-state index < -0.39 is 10.5 Å². The van der Waals surface area contributed by atoms with Crippen molar-refractivity contribution in [3.8, 4) is 5.75 Å². The number of nitrogens with one attached hydrogen (secondary N) is 1. The number of carbonyl (C=O) groups excluding carboxylic acids is 1. The van der Waals surface area contributed by atoms with Crippen LogP contribution in [0.25, 0.3) is 0 Å². The van der Waals surface area contributed by atoms with E-state index in [1.807, 2.05) is 0 Å². The van der Waals surface area contributed by atoms with Gasteiger partial charge in [-0.05, 0) is 18.9 Å². The quantitative estimate of drug-likeness (QED) is 0.645. The molecule has 0 saturated heterocycles.